The van der Waals surface area contributed by atoms with E-state index in [1.807, 2.05) is 28.9 Å². The molecule has 1 unspecified atom stereocenters. The first-order valence-electron chi connectivity index (χ1n) is 8.35. The van der Waals surface area contributed by atoms with Gasteiger partial charge in [0.15, 0.2) is 5.16 Å². The van der Waals surface area contributed by atoms with E-state index in [1.54, 1.807) is 23.1 Å². The summed E-state index contributed by atoms with van der Waals surface area (Å²) in [6, 6.07) is 7.47. The number of carbonyl (C=O) groups is 2. The minimum Gasteiger partial charge on any atom is -0.467 e. The molecule has 1 N–H and O–H groups in total. The van der Waals surface area contributed by atoms with Crippen LogP contribution in [0.25, 0.3) is 15.2 Å². The highest BCUT2D eigenvalue weighted by molar-refractivity contribution is 7.99. The summed E-state index contributed by atoms with van der Waals surface area (Å²) in [5, 5.41) is 12.0. The van der Waals surface area contributed by atoms with Crippen molar-refractivity contribution >= 4 is 61.9 Å². The number of thioether (sulfide) groups is 2. The van der Waals surface area contributed by atoms with Gasteiger partial charge in [-0.25, -0.2) is 4.79 Å². The Bertz CT molecular complexity index is 940. The van der Waals surface area contributed by atoms with Crippen molar-refractivity contribution < 1.29 is 14.3 Å². The van der Waals surface area contributed by atoms with E-state index in [9.17, 15) is 9.59 Å². The number of fused-ring (bicyclic) bond motifs is 3. The third-order valence-corrected chi connectivity index (χ3v) is 6.49. The van der Waals surface area contributed by atoms with Gasteiger partial charge in [-0.2, -0.15) is 11.8 Å². The average Bonchev–Trinajstić information content (AvgIpc) is 3.24. The van der Waals surface area contributed by atoms with Crippen LogP contribution in [0.1, 0.15) is 12.8 Å². The monoisotopic (exact) mass is 424 g/mol. The lowest BCUT2D eigenvalue weighted by molar-refractivity contribution is -0.145. The van der Waals surface area contributed by atoms with Crippen molar-refractivity contribution in [2.45, 2.75) is 24.0 Å². The molecule has 0 radical (unpaired) electrons. The highest BCUT2D eigenvalue weighted by atomic mass is 32.2. The number of thiazole rings is 1. The lowest BCUT2D eigenvalue weighted by Gasteiger charge is -2.15. The number of ether oxygens (including phenoxy) is 1. The van der Waals surface area contributed by atoms with Crippen molar-refractivity contribution in [3.8, 4) is 0 Å². The SMILES string of the molecule is COC(=O)C(CCSC)NC(=O)CCSc1nnc2sc3ccccc3n12. The van der Waals surface area contributed by atoms with E-state index in [0.717, 1.165) is 26.1 Å². The number of amides is 1. The molecule has 0 aliphatic heterocycles. The maximum Gasteiger partial charge on any atom is 0.328 e. The summed E-state index contributed by atoms with van der Waals surface area (Å²) in [5.41, 5.74) is 1.07. The van der Waals surface area contributed by atoms with Crippen molar-refractivity contribution in [2.75, 3.05) is 24.9 Å². The molecule has 0 saturated carbocycles. The summed E-state index contributed by atoms with van der Waals surface area (Å²) >= 11 is 4.69. The smallest absolute Gasteiger partial charge is 0.328 e. The first kappa shape index (κ1) is 20.0. The Balaban J connectivity index is 1.58. The van der Waals surface area contributed by atoms with E-state index in [1.165, 1.54) is 18.9 Å². The summed E-state index contributed by atoms with van der Waals surface area (Å²) in [5.74, 6) is 0.745. The molecule has 1 atom stereocenters. The molecule has 2 aromatic heterocycles. The van der Waals surface area contributed by atoms with Crippen LogP contribution in [-0.2, 0) is 14.3 Å². The van der Waals surface area contributed by atoms with Crippen LogP contribution >= 0.6 is 34.9 Å². The van der Waals surface area contributed by atoms with Gasteiger partial charge in [0, 0.05) is 12.2 Å². The quantitative estimate of drug-likeness (QED) is 0.417. The fraction of sp³-hybridized carbons (Fsp3) is 0.412. The lowest BCUT2D eigenvalue weighted by atomic mass is 10.2. The minimum atomic E-state index is -0.597. The summed E-state index contributed by atoms with van der Waals surface area (Å²) in [7, 11) is 1.33. The van der Waals surface area contributed by atoms with Crippen LogP contribution in [0.4, 0.5) is 0 Å². The van der Waals surface area contributed by atoms with Crippen LogP contribution in [0.5, 0.6) is 0 Å². The number of aromatic nitrogens is 3. The van der Waals surface area contributed by atoms with Gasteiger partial charge >= 0.3 is 5.97 Å². The zero-order valence-electron chi connectivity index (χ0n) is 15.0. The second-order valence-electron chi connectivity index (χ2n) is 5.69. The Kier molecular flexibility index (Phi) is 6.97. The van der Waals surface area contributed by atoms with Crippen LogP contribution < -0.4 is 5.32 Å². The molecule has 3 rings (SSSR count). The predicted molar refractivity (Wildman–Crippen MR) is 111 cm³/mol. The van der Waals surface area contributed by atoms with E-state index in [2.05, 4.69) is 21.6 Å². The topological polar surface area (TPSA) is 85.6 Å². The molecule has 10 heteroatoms. The number of hydrogen-bond donors (Lipinski definition) is 1. The minimum absolute atomic E-state index is 0.171. The van der Waals surface area contributed by atoms with E-state index in [-0.39, 0.29) is 12.3 Å². The Morgan fingerprint density at radius 1 is 1.30 bits per heavy atom. The van der Waals surface area contributed by atoms with Gasteiger partial charge in [-0.1, -0.05) is 35.2 Å². The normalized spacial score (nSPS) is 12.4. The molecule has 0 fully saturated rings. The van der Waals surface area contributed by atoms with Gasteiger partial charge in [-0.3, -0.25) is 9.20 Å². The van der Waals surface area contributed by atoms with Crippen LogP contribution in [0.3, 0.4) is 0 Å². The van der Waals surface area contributed by atoms with Crippen molar-refractivity contribution in [3.63, 3.8) is 0 Å². The fourth-order valence-electron chi connectivity index (χ4n) is 2.58. The number of nitrogens with one attached hydrogen (secondary N) is 1. The van der Waals surface area contributed by atoms with Crippen LogP contribution in [0, 0.1) is 0 Å². The molecule has 0 saturated heterocycles. The second kappa shape index (κ2) is 9.43. The number of rotatable bonds is 9. The van der Waals surface area contributed by atoms with Gasteiger partial charge in [0.05, 0.1) is 17.3 Å². The maximum absolute atomic E-state index is 12.2. The highest BCUT2D eigenvalue weighted by Crippen LogP contribution is 2.29. The summed E-state index contributed by atoms with van der Waals surface area (Å²) in [6.07, 6.45) is 2.80. The number of nitrogens with zero attached hydrogens (tertiary/aromatic N) is 3. The molecule has 144 valence electrons. The van der Waals surface area contributed by atoms with Gasteiger partial charge in [0.25, 0.3) is 0 Å². The van der Waals surface area contributed by atoms with Crippen LogP contribution in [0.15, 0.2) is 29.4 Å². The lowest BCUT2D eigenvalue weighted by Crippen LogP contribution is -2.42. The van der Waals surface area contributed by atoms with E-state index < -0.39 is 12.0 Å². The van der Waals surface area contributed by atoms with Crippen molar-refractivity contribution in [1.29, 1.82) is 0 Å². The molecule has 0 aliphatic rings. The first-order chi connectivity index (χ1) is 13.1. The molecule has 3 aromatic rings. The predicted octanol–water partition coefficient (Wildman–Crippen LogP) is 2.84. The molecule has 27 heavy (non-hydrogen) atoms. The van der Waals surface area contributed by atoms with Gasteiger partial charge in [0.1, 0.15) is 6.04 Å². The maximum atomic E-state index is 12.2. The van der Waals surface area contributed by atoms with Crippen LogP contribution in [0.2, 0.25) is 0 Å². The summed E-state index contributed by atoms with van der Waals surface area (Å²) in [6.45, 7) is 0. The molecule has 1 amide bonds. The number of esters is 1. The molecule has 1 aromatic carbocycles. The Morgan fingerprint density at radius 3 is 2.89 bits per heavy atom. The van der Waals surface area contributed by atoms with Gasteiger partial charge < -0.3 is 10.1 Å². The number of para-hydroxylation sites is 1. The molecule has 0 bridgehead atoms. The third kappa shape index (κ3) is 4.74. The third-order valence-electron chi connectivity index (χ3n) is 3.90. The molecular formula is C17H20N4O3S3. The number of hydrogen-bond acceptors (Lipinski definition) is 8. The number of methoxy groups -OCH3 is 1. The number of carbonyl (C=O) groups excluding carboxylic acids is 2. The molecule has 7 nitrogen and oxygen atoms in total. The molecular weight excluding hydrogens is 404 g/mol. The number of benzene rings is 1. The standard InChI is InChI=1S/C17H20N4O3S3/c1-24-15(23)11(7-9-25-2)18-14(22)8-10-26-16-19-20-17-21(16)12-5-3-4-6-13(12)27-17/h3-6,11H,7-10H2,1-2H3,(H,18,22). The van der Waals surface area contributed by atoms with Gasteiger partial charge in [-0.15, -0.1) is 10.2 Å². The fourth-order valence-corrected chi connectivity index (χ4v) is 4.95. The summed E-state index contributed by atoms with van der Waals surface area (Å²) in [4.78, 5) is 24.8. The zero-order chi connectivity index (χ0) is 19.2. The molecule has 2 heterocycles. The van der Waals surface area contributed by atoms with E-state index in [0.29, 0.717) is 12.2 Å². The van der Waals surface area contributed by atoms with Crippen molar-refractivity contribution in [2.24, 2.45) is 0 Å². The Hall–Kier alpha value is -1.78. The Labute approximate surface area is 169 Å². The molecule has 0 spiro atoms. The van der Waals surface area contributed by atoms with Crippen molar-refractivity contribution in [3.05, 3.63) is 24.3 Å². The van der Waals surface area contributed by atoms with Gasteiger partial charge in [-0.05, 0) is 30.6 Å². The van der Waals surface area contributed by atoms with Crippen molar-refractivity contribution in [1.82, 2.24) is 19.9 Å². The second-order valence-corrected chi connectivity index (χ2v) is 8.75. The van der Waals surface area contributed by atoms with Crippen LogP contribution in [-0.4, -0.2) is 57.4 Å². The Morgan fingerprint density at radius 2 is 2.11 bits per heavy atom. The highest BCUT2D eigenvalue weighted by Gasteiger charge is 2.21. The van der Waals surface area contributed by atoms with Gasteiger partial charge in [0.2, 0.25) is 10.9 Å². The van der Waals surface area contributed by atoms with E-state index in [4.69, 9.17) is 4.74 Å². The largest absolute Gasteiger partial charge is 0.467 e. The average molecular weight is 425 g/mol. The zero-order valence-corrected chi connectivity index (χ0v) is 17.5. The summed E-state index contributed by atoms with van der Waals surface area (Å²) < 4.78 is 7.93. The molecule has 0 aliphatic carbocycles. The van der Waals surface area contributed by atoms with E-state index >= 15 is 0 Å². The first-order valence-corrected chi connectivity index (χ1v) is 11.5.